The van der Waals surface area contributed by atoms with Gasteiger partial charge in [-0.25, -0.2) is 4.39 Å². The predicted molar refractivity (Wildman–Crippen MR) is 155 cm³/mol. The number of anilines is 1. The number of likely N-dealkylation sites (N-methyl/N-ethyl adjacent to an activating group) is 1. The minimum absolute atomic E-state index is 0.0175. The number of carbonyl (C=O) groups excluding carboxylic acids is 2. The second kappa shape index (κ2) is 12.6. The van der Waals surface area contributed by atoms with Crippen molar-refractivity contribution in [3.63, 3.8) is 0 Å². The van der Waals surface area contributed by atoms with Crippen LogP contribution in [-0.4, -0.2) is 83.6 Å². The number of piperazine rings is 1. The van der Waals surface area contributed by atoms with Crippen molar-refractivity contribution >= 4 is 17.5 Å². The third-order valence-electron chi connectivity index (χ3n) is 6.90. The third kappa shape index (κ3) is 7.35. The van der Waals surface area contributed by atoms with Crippen LogP contribution in [0.1, 0.15) is 48.4 Å². The van der Waals surface area contributed by atoms with Crippen LogP contribution >= 0.6 is 0 Å². The highest BCUT2D eigenvalue weighted by Gasteiger charge is 2.25. The van der Waals surface area contributed by atoms with Gasteiger partial charge in [-0.05, 0) is 37.7 Å². The first-order valence-corrected chi connectivity index (χ1v) is 13.6. The molecule has 1 N–H and O–H groups in total. The van der Waals surface area contributed by atoms with Gasteiger partial charge in [0.2, 0.25) is 5.91 Å². The molecule has 1 fully saturated rings. The number of hydrogen-bond acceptors (Lipinski definition) is 8. The molecular weight excluding hydrogens is 525 g/mol. The summed E-state index contributed by atoms with van der Waals surface area (Å²) in [6, 6.07) is 5.62. The maximum atomic E-state index is 15.2. The standard InChI is InChI=1S/C30H38FN7O3/c1-20-16-21(9-10-22(20)17-33-27(40)28-34-29(35-41-28)30(2,3)4)26-23(31)18-32-19-24(26)37-12-14-38(15-13-37)25(39)8-7-11-36(5)6/h7-10,16,18-19H,11-15,17H2,1-6H3,(H,33,40)/b8-7+. The Labute approximate surface area is 240 Å². The highest BCUT2D eigenvalue weighted by molar-refractivity contribution is 5.89. The number of nitrogens with one attached hydrogen (secondary N) is 1. The first-order chi connectivity index (χ1) is 19.4. The minimum Gasteiger partial charge on any atom is -0.366 e. The van der Waals surface area contributed by atoms with Crippen LogP contribution in [0.5, 0.6) is 0 Å². The molecule has 0 saturated carbocycles. The van der Waals surface area contributed by atoms with E-state index in [0.29, 0.717) is 55.4 Å². The smallest absolute Gasteiger partial charge is 0.315 e. The summed E-state index contributed by atoms with van der Waals surface area (Å²) >= 11 is 0. The van der Waals surface area contributed by atoms with E-state index in [2.05, 4.69) is 25.3 Å². The lowest BCUT2D eigenvalue weighted by molar-refractivity contribution is -0.126. The summed E-state index contributed by atoms with van der Waals surface area (Å²) in [7, 11) is 3.90. The molecule has 2 amide bonds. The summed E-state index contributed by atoms with van der Waals surface area (Å²) in [4.78, 5) is 39.3. The number of aryl methyl sites for hydroxylation is 1. The van der Waals surface area contributed by atoms with Crippen molar-refractivity contribution in [1.82, 2.24) is 30.2 Å². The number of rotatable bonds is 8. The van der Waals surface area contributed by atoms with E-state index >= 15 is 4.39 Å². The average molecular weight is 564 g/mol. The maximum Gasteiger partial charge on any atom is 0.315 e. The number of hydrogen-bond donors (Lipinski definition) is 1. The zero-order valence-electron chi connectivity index (χ0n) is 24.6. The van der Waals surface area contributed by atoms with Crippen LogP contribution in [0.3, 0.4) is 0 Å². The van der Waals surface area contributed by atoms with Gasteiger partial charge in [-0.2, -0.15) is 4.98 Å². The molecule has 1 aliphatic rings. The van der Waals surface area contributed by atoms with Crippen molar-refractivity contribution < 1.29 is 18.5 Å². The molecule has 0 atom stereocenters. The van der Waals surface area contributed by atoms with E-state index in [1.54, 1.807) is 17.2 Å². The van der Waals surface area contributed by atoms with Gasteiger partial charge in [-0.15, -0.1) is 0 Å². The highest BCUT2D eigenvalue weighted by atomic mass is 19.1. The van der Waals surface area contributed by atoms with Crippen LogP contribution in [0.2, 0.25) is 0 Å². The SMILES string of the molecule is Cc1cc(-c2c(F)cncc2N2CCN(C(=O)/C=C/CN(C)C)CC2)ccc1CNC(=O)c1nc(C(C)(C)C)no1. The largest absolute Gasteiger partial charge is 0.366 e. The molecule has 41 heavy (non-hydrogen) atoms. The van der Waals surface area contributed by atoms with Crippen LogP contribution in [-0.2, 0) is 16.8 Å². The van der Waals surface area contributed by atoms with Crippen molar-refractivity contribution in [3.8, 4) is 11.1 Å². The van der Waals surface area contributed by atoms with E-state index in [1.165, 1.54) is 6.20 Å². The van der Waals surface area contributed by atoms with Gasteiger partial charge < -0.3 is 24.5 Å². The van der Waals surface area contributed by atoms with Crippen molar-refractivity contribution in [3.05, 3.63) is 71.4 Å². The summed E-state index contributed by atoms with van der Waals surface area (Å²) in [5.74, 6) is -0.512. The lowest BCUT2D eigenvalue weighted by atomic mass is 9.96. The molecule has 1 aliphatic heterocycles. The Kier molecular flexibility index (Phi) is 9.17. The number of aromatic nitrogens is 3. The van der Waals surface area contributed by atoms with Crippen LogP contribution in [0.4, 0.5) is 10.1 Å². The zero-order valence-corrected chi connectivity index (χ0v) is 24.6. The second-order valence-electron chi connectivity index (χ2n) is 11.5. The van der Waals surface area contributed by atoms with Gasteiger partial charge in [0, 0.05) is 56.3 Å². The number of benzene rings is 1. The summed E-state index contributed by atoms with van der Waals surface area (Å²) in [5, 5.41) is 6.72. The van der Waals surface area contributed by atoms with E-state index in [4.69, 9.17) is 4.52 Å². The topological polar surface area (TPSA) is 108 Å². The molecule has 11 heteroatoms. The fourth-order valence-corrected chi connectivity index (χ4v) is 4.51. The molecule has 1 saturated heterocycles. The van der Waals surface area contributed by atoms with Crippen molar-refractivity contribution in [1.29, 1.82) is 0 Å². The van der Waals surface area contributed by atoms with Crippen molar-refractivity contribution in [2.24, 2.45) is 0 Å². The molecule has 0 spiro atoms. The van der Waals surface area contributed by atoms with E-state index in [1.807, 2.05) is 71.0 Å². The fourth-order valence-electron chi connectivity index (χ4n) is 4.51. The summed E-state index contributed by atoms with van der Waals surface area (Å²) in [6.45, 7) is 10.9. The first kappa shape index (κ1) is 29.9. The van der Waals surface area contributed by atoms with Crippen LogP contribution in [0.15, 0.2) is 47.3 Å². The molecule has 2 aromatic heterocycles. The predicted octanol–water partition coefficient (Wildman–Crippen LogP) is 3.57. The highest BCUT2D eigenvalue weighted by Crippen LogP contribution is 2.34. The lowest BCUT2D eigenvalue weighted by Crippen LogP contribution is -2.48. The normalized spacial score (nSPS) is 14.2. The molecule has 0 unspecified atom stereocenters. The van der Waals surface area contributed by atoms with Gasteiger partial charge in [0.05, 0.1) is 18.1 Å². The number of nitrogens with zero attached hydrogens (tertiary/aromatic N) is 6. The summed E-state index contributed by atoms with van der Waals surface area (Å²) in [5.41, 5.74) is 3.30. The molecule has 3 aromatic rings. The lowest BCUT2D eigenvalue weighted by Gasteiger charge is -2.36. The number of pyridine rings is 1. The van der Waals surface area contributed by atoms with E-state index < -0.39 is 11.7 Å². The van der Waals surface area contributed by atoms with Gasteiger partial charge >= 0.3 is 11.8 Å². The van der Waals surface area contributed by atoms with Gasteiger partial charge in [-0.3, -0.25) is 14.6 Å². The van der Waals surface area contributed by atoms with Crippen molar-refractivity contribution in [2.75, 3.05) is 51.7 Å². The maximum absolute atomic E-state index is 15.2. The molecule has 218 valence electrons. The molecule has 3 heterocycles. The number of amides is 2. The Morgan fingerprint density at radius 3 is 2.51 bits per heavy atom. The van der Waals surface area contributed by atoms with Crippen LogP contribution < -0.4 is 10.2 Å². The Bertz CT molecular complexity index is 1420. The second-order valence-corrected chi connectivity index (χ2v) is 11.5. The molecule has 0 bridgehead atoms. The number of carbonyl (C=O) groups is 2. The average Bonchev–Trinajstić information content (AvgIpc) is 3.43. The van der Waals surface area contributed by atoms with Gasteiger partial charge in [0.1, 0.15) is 0 Å². The zero-order chi connectivity index (χ0) is 29.7. The van der Waals surface area contributed by atoms with Gasteiger partial charge in [0.15, 0.2) is 11.6 Å². The first-order valence-electron chi connectivity index (χ1n) is 13.6. The third-order valence-corrected chi connectivity index (χ3v) is 6.90. The molecular formula is C30H38FN7O3. The molecule has 1 aromatic carbocycles. The Morgan fingerprint density at radius 2 is 1.88 bits per heavy atom. The number of halogens is 1. The van der Waals surface area contributed by atoms with Crippen LogP contribution in [0.25, 0.3) is 11.1 Å². The quantitative estimate of drug-likeness (QED) is 0.415. The van der Waals surface area contributed by atoms with Crippen LogP contribution in [0, 0.1) is 12.7 Å². The van der Waals surface area contributed by atoms with E-state index in [-0.39, 0.29) is 23.8 Å². The Balaban J connectivity index is 1.44. The minimum atomic E-state index is -0.454. The molecule has 0 radical (unpaired) electrons. The summed E-state index contributed by atoms with van der Waals surface area (Å²) in [6.07, 6.45) is 6.36. The van der Waals surface area contributed by atoms with Gasteiger partial charge in [0.25, 0.3) is 0 Å². The van der Waals surface area contributed by atoms with E-state index in [9.17, 15) is 9.59 Å². The molecule has 0 aliphatic carbocycles. The van der Waals surface area contributed by atoms with Gasteiger partial charge in [-0.1, -0.05) is 50.2 Å². The van der Waals surface area contributed by atoms with Crippen molar-refractivity contribution in [2.45, 2.75) is 39.7 Å². The van der Waals surface area contributed by atoms with E-state index in [0.717, 1.165) is 11.1 Å². The molecule has 4 rings (SSSR count). The fraction of sp³-hybridized carbons (Fsp3) is 0.433. The Morgan fingerprint density at radius 1 is 1.15 bits per heavy atom. The molecule has 10 nitrogen and oxygen atoms in total. The Hall–Kier alpha value is -4.12. The monoisotopic (exact) mass is 563 g/mol. The summed E-state index contributed by atoms with van der Waals surface area (Å²) < 4.78 is 20.3.